The van der Waals surface area contributed by atoms with Crippen molar-refractivity contribution in [3.05, 3.63) is 194 Å². The van der Waals surface area contributed by atoms with Gasteiger partial charge in [0.25, 0.3) is 0 Å². The molecule has 0 unspecified atom stereocenters. The highest BCUT2D eigenvalue weighted by molar-refractivity contribution is 6.28. The highest BCUT2D eigenvalue weighted by Gasteiger charge is 2.21. The molecule has 270 valence electrons. The van der Waals surface area contributed by atoms with E-state index in [9.17, 15) is 11.0 Å². The summed E-state index contributed by atoms with van der Waals surface area (Å²) in [6, 6.07) is 17.9. The van der Waals surface area contributed by atoms with Crippen LogP contribution in [0.3, 0.4) is 0 Å². The van der Waals surface area contributed by atoms with Crippen molar-refractivity contribution >= 4 is 65.3 Å². The number of rotatable bonds is 5. The lowest BCUT2D eigenvalue weighted by Gasteiger charge is -2.12. The molecule has 12 aromatic rings. The molecule has 0 aliphatic heterocycles. The number of aromatic nitrogens is 4. The Hall–Kier alpha value is -7.89. The van der Waals surface area contributed by atoms with Crippen molar-refractivity contribution in [1.29, 1.82) is 0 Å². The number of hydrogen-bond donors (Lipinski definition) is 0. The molecule has 0 fully saturated rings. The van der Waals surface area contributed by atoms with Gasteiger partial charge >= 0.3 is 0 Å². The first kappa shape index (κ1) is 20.3. The molecule has 0 aliphatic rings. The van der Waals surface area contributed by atoms with Gasteiger partial charge in [-0.3, -0.25) is 0 Å². The molecule has 3 heterocycles. The summed E-state index contributed by atoms with van der Waals surface area (Å²) in [5, 5.41) is -0.829. The van der Waals surface area contributed by atoms with E-state index in [1.807, 2.05) is 72.8 Å². The fraction of sp³-hybridized carbons (Fsp3) is 0. The van der Waals surface area contributed by atoms with Crippen LogP contribution in [-0.2, 0) is 0 Å². The Morgan fingerprint density at radius 1 is 0.414 bits per heavy atom. The van der Waals surface area contributed by atoms with Crippen LogP contribution in [0.2, 0.25) is 0 Å². The number of benzene rings is 9. The topological polar surface area (TPSA) is 56.7 Å². The zero-order valence-corrected chi connectivity index (χ0v) is 29.9. The van der Waals surface area contributed by atoms with Gasteiger partial charge in [-0.25, -0.2) is 15.0 Å². The van der Waals surface area contributed by atoms with Crippen molar-refractivity contribution in [3.63, 3.8) is 0 Å². The third kappa shape index (κ3) is 5.07. The van der Waals surface area contributed by atoms with Gasteiger partial charge in [-0.05, 0) is 75.0 Å². The van der Waals surface area contributed by atoms with Crippen LogP contribution in [0.25, 0.3) is 116 Å². The summed E-state index contributed by atoms with van der Waals surface area (Å²) in [5.41, 5.74) is 1.09. The Morgan fingerprint density at radius 3 is 1.59 bits per heavy atom. The number of furan rings is 1. The van der Waals surface area contributed by atoms with E-state index in [4.69, 9.17) is 30.3 Å². The molecule has 0 atom stereocenters. The summed E-state index contributed by atoms with van der Waals surface area (Å²) in [5.74, 6) is 0.898. The van der Waals surface area contributed by atoms with Crippen LogP contribution < -0.4 is 0 Å². The van der Waals surface area contributed by atoms with E-state index in [0.29, 0.717) is 50.3 Å². The van der Waals surface area contributed by atoms with Crippen molar-refractivity contribution < 1.29 is 26.3 Å². The maximum absolute atomic E-state index is 9.79. The molecule has 58 heavy (non-hydrogen) atoms. The number of para-hydroxylation sites is 1. The Morgan fingerprint density at radius 2 is 0.966 bits per heavy atom. The molecular weight excluding hydrogens is 709 g/mol. The third-order valence-corrected chi connectivity index (χ3v) is 10.2. The Kier molecular flexibility index (Phi) is 4.50. The summed E-state index contributed by atoms with van der Waals surface area (Å²) in [6.07, 6.45) is 0. The normalized spacial score (nSPS) is 15.7. The molecule has 0 spiro atoms. The molecule has 0 saturated heterocycles. The van der Waals surface area contributed by atoms with Gasteiger partial charge in [0, 0.05) is 43.9 Å². The predicted octanol–water partition coefficient (Wildman–Crippen LogP) is 13.8. The van der Waals surface area contributed by atoms with Gasteiger partial charge in [0.05, 0.1) is 33.0 Å². The van der Waals surface area contributed by atoms with Gasteiger partial charge in [-0.1, -0.05) is 151 Å². The first-order chi connectivity index (χ1) is 35.4. The molecule has 0 bridgehead atoms. The van der Waals surface area contributed by atoms with Gasteiger partial charge in [0.2, 0.25) is 0 Å². The lowest BCUT2D eigenvalue weighted by Crippen LogP contribution is -2.00. The molecule has 5 nitrogen and oxygen atoms in total. The molecule has 3 aromatic heterocycles. The van der Waals surface area contributed by atoms with Crippen molar-refractivity contribution in [2.75, 3.05) is 0 Å². The zero-order valence-electron chi connectivity index (χ0n) is 45.9. The fourth-order valence-corrected chi connectivity index (χ4v) is 7.62. The standard InChI is InChI=1S/C53H32N4O/c1-3-15-36(16-4-1)51-54-52(37-17-5-2-6-18-37)56-53(55-51)43-31-38(32-47-48(43)42-21-11-12-22-46(42)58-47)33-23-27-39(28-24-33)57-44-29-25-34-13-7-9-19-40(34)49(44)50-41-20-10-8-14-35(41)26-30-45(50)57/h1-32H/i7D,8D,9D,10D,13D,14D,19D,20D,23D,24D,25D,26D,27D,28D,29D,30D. The third-order valence-electron chi connectivity index (χ3n) is 10.2. The summed E-state index contributed by atoms with van der Waals surface area (Å²) < 4.78 is 154. The molecule has 0 radical (unpaired) electrons. The first-order valence-corrected chi connectivity index (χ1v) is 18.2. The van der Waals surface area contributed by atoms with Crippen LogP contribution in [0, 0.1) is 0 Å². The van der Waals surface area contributed by atoms with Gasteiger partial charge in [0.1, 0.15) is 11.2 Å². The van der Waals surface area contributed by atoms with E-state index >= 15 is 0 Å². The largest absolute Gasteiger partial charge is 0.456 e. The lowest BCUT2D eigenvalue weighted by atomic mass is 9.98. The van der Waals surface area contributed by atoms with Crippen LogP contribution in [-0.4, -0.2) is 19.5 Å². The van der Waals surface area contributed by atoms with Crippen LogP contribution in [0.5, 0.6) is 0 Å². The van der Waals surface area contributed by atoms with Crippen LogP contribution in [0.15, 0.2) is 198 Å². The van der Waals surface area contributed by atoms with Crippen LogP contribution >= 0.6 is 0 Å². The molecule has 0 amide bonds. The highest BCUT2D eigenvalue weighted by atomic mass is 16.3. The zero-order chi connectivity index (χ0) is 52.1. The molecule has 12 rings (SSSR count). The number of fused-ring (bicyclic) bond motifs is 10. The van der Waals surface area contributed by atoms with E-state index in [1.165, 1.54) is 0 Å². The van der Waals surface area contributed by atoms with Crippen molar-refractivity contribution in [3.8, 4) is 51.0 Å². The van der Waals surface area contributed by atoms with E-state index in [-0.39, 0.29) is 38.5 Å². The van der Waals surface area contributed by atoms with E-state index in [2.05, 4.69) is 0 Å². The predicted molar refractivity (Wildman–Crippen MR) is 238 cm³/mol. The van der Waals surface area contributed by atoms with Gasteiger partial charge in [-0.2, -0.15) is 0 Å². The maximum Gasteiger partial charge on any atom is 0.164 e. The Labute approximate surface area is 355 Å². The SMILES string of the molecule is [2H]c1c([2H])c(-n2c3c([2H])c([2H])c4c([2H])c([2H])c([2H])c([2H])c4c3c3c4c([2H])c([2H])c([2H])c([2H])c4c([2H])c([2H])c32)c([2H])c([2H])c1-c1cc(-c2nc(-c3ccccc3)nc(-c3ccccc3)n2)c2c(c1)oc1ccccc12. The second-order valence-corrected chi connectivity index (χ2v) is 13.5. The molecule has 9 aromatic carbocycles. The van der Waals surface area contributed by atoms with Gasteiger partial charge < -0.3 is 8.98 Å². The minimum atomic E-state index is -0.740. The van der Waals surface area contributed by atoms with Crippen LogP contribution in [0.4, 0.5) is 0 Å². The van der Waals surface area contributed by atoms with E-state index < -0.39 is 124 Å². The minimum absolute atomic E-state index is 0.147. The van der Waals surface area contributed by atoms with Crippen molar-refractivity contribution in [2.24, 2.45) is 0 Å². The number of nitrogens with zero attached hydrogens (tertiary/aromatic N) is 4. The van der Waals surface area contributed by atoms with E-state index in [0.717, 1.165) is 4.57 Å². The Balaban J connectivity index is 1.21. The van der Waals surface area contributed by atoms with Crippen LogP contribution in [0.1, 0.15) is 21.9 Å². The maximum atomic E-state index is 9.79. The summed E-state index contributed by atoms with van der Waals surface area (Å²) in [7, 11) is 0. The second-order valence-electron chi connectivity index (χ2n) is 13.5. The summed E-state index contributed by atoms with van der Waals surface area (Å²) >= 11 is 0. The Bertz CT molecular complexity index is 4290. The quantitative estimate of drug-likeness (QED) is 0.175. The first-order valence-electron chi connectivity index (χ1n) is 26.2. The minimum Gasteiger partial charge on any atom is -0.456 e. The average Bonchev–Trinajstić information content (AvgIpc) is 3.97. The highest BCUT2D eigenvalue weighted by Crippen LogP contribution is 2.42. The molecule has 5 heteroatoms. The molecular formula is C53H32N4O. The fourth-order valence-electron chi connectivity index (χ4n) is 7.62. The van der Waals surface area contributed by atoms with E-state index in [1.54, 1.807) is 24.3 Å². The summed E-state index contributed by atoms with van der Waals surface area (Å²) in [6.45, 7) is 0. The van der Waals surface area contributed by atoms with Gasteiger partial charge in [-0.15, -0.1) is 0 Å². The molecule has 0 aliphatic carbocycles. The average molecular weight is 757 g/mol. The monoisotopic (exact) mass is 756 g/mol. The van der Waals surface area contributed by atoms with Gasteiger partial charge in [0.15, 0.2) is 17.5 Å². The summed E-state index contributed by atoms with van der Waals surface area (Å²) in [4.78, 5) is 14.8. The smallest absolute Gasteiger partial charge is 0.164 e. The van der Waals surface area contributed by atoms with Crippen molar-refractivity contribution in [1.82, 2.24) is 19.5 Å². The second kappa shape index (κ2) is 12.8. The molecule has 0 N–H and O–H groups in total. The molecule has 0 saturated carbocycles. The number of hydrogen-bond acceptors (Lipinski definition) is 4. The lowest BCUT2D eigenvalue weighted by molar-refractivity contribution is 0.669. The van der Waals surface area contributed by atoms with Crippen molar-refractivity contribution in [2.45, 2.75) is 0 Å².